The van der Waals surface area contributed by atoms with Gasteiger partial charge in [0.2, 0.25) is 11.8 Å². The SMILES string of the molecule is O=C(COc1ccc(Cl)c(Cl)c1)NC1CCC(C(=O)NC2C=NC(OC(F)F)=CC2)CC1. The van der Waals surface area contributed by atoms with Crippen molar-refractivity contribution in [2.45, 2.75) is 50.8 Å². The molecule has 0 bridgehead atoms. The van der Waals surface area contributed by atoms with Gasteiger partial charge in [-0.3, -0.25) is 9.59 Å². The van der Waals surface area contributed by atoms with E-state index < -0.39 is 6.61 Å². The number of amides is 2. The van der Waals surface area contributed by atoms with Gasteiger partial charge in [-0.05, 0) is 50.3 Å². The number of aliphatic imine (C=N–C) groups is 1. The monoisotopic (exact) mass is 489 g/mol. The summed E-state index contributed by atoms with van der Waals surface area (Å²) >= 11 is 11.8. The molecule has 1 saturated carbocycles. The Morgan fingerprint density at radius 1 is 1.12 bits per heavy atom. The van der Waals surface area contributed by atoms with Crippen LogP contribution in [0.4, 0.5) is 8.78 Å². The Hall–Kier alpha value is -2.39. The number of alkyl halides is 2. The Kier molecular flexibility index (Phi) is 8.69. The third-order valence-electron chi connectivity index (χ3n) is 5.19. The molecule has 0 radical (unpaired) electrons. The molecule has 7 nitrogen and oxygen atoms in total. The summed E-state index contributed by atoms with van der Waals surface area (Å²) in [5, 5.41) is 6.53. The molecule has 1 atom stereocenters. The summed E-state index contributed by atoms with van der Waals surface area (Å²) in [5.41, 5.74) is 0. The number of carbonyl (C=O) groups is 2. The van der Waals surface area contributed by atoms with Gasteiger partial charge >= 0.3 is 6.61 Å². The van der Waals surface area contributed by atoms with Crippen molar-refractivity contribution in [2.75, 3.05) is 6.61 Å². The van der Waals surface area contributed by atoms with Gasteiger partial charge in [0.15, 0.2) is 6.61 Å². The lowest BCUT2D eigenvalue weighted by Gasteiger charge is -2.29. The Labute approximate surface area is 194 Å². The molecule has 1 heterocycles. The van der Waals surface area contributed by atoms with Gasteiger partial charge in [-0.1, -0.05) is 23.2 Å². The third-order valence-corrected chi connectivity index (χ3v) is 5.93. The Bertz CT molecular complexity index is 890. The summed E-state index contributed by atoms with van der Waals surface area (Å²) in [6.07, 6.45) is 5.75. The fourth-order valence-corrected chi connectivity index (χ4v) is 3.84. The van der Waals surface area contributed by atoms with E-state index in [-0.39, 0.29) is 42.3 Å². The van der Waals surface area contributed by atoms with Gasteiger partial charge in [-0.2, -0.15) is 8.78 Å². The first-order chi connectivity index (χ1) is 15.3. The average Bonchev–Trinajstić information content (AvgIpc) is 2.76. The maximum absolute atomic E-state index is 12.5. The van der Waals surface area contributed by atoms with Crippen molar-refractivity contribution in [1.29, 1.82) is 0 Å². The molecule has 0 aromatic heterocycles. The number of ether oxygens (including phenoxy) is 2. The predicted octanol–water partition coefficient (Wildman–Crippen LogP) is 4.09. The van der Waals surface area contributed by atoms with E-state index in [1.807, 2.05) is 0 Å². The number of nitrogens with one attached hydrogen (secondary N) is 2. The van der Waals surface area contributed by atoms with Crippen molar-refractivity contribution in [3.05, 3.63) is 40.2 Å². The molecule has 174 valence electrons. The fraction of sp³-hybridized carbons (Fsp3) is 0.476. The van der Waals surface area contributed by atoms with Crippen LogP contribution in [0.3, 0.4) is 0 Å². The van der Waals surface area contributed by atoms with Crippen molar-refractivity contribution in [1.82, 2.24) is 10.6 Å². The van der Waals surface area contributed by atoms with Crippen LogP contribution >= 0.6 is 23.2 Å². The highest BCUT2D eigenvalue weighted by atomic mass is 35.5. The number of hydrogen-bond donors (Lipinski definition) is 2. The van der Waals surface area contributed by atoms with Gasteiger partial charge in [0.25, 0.3) is 5.91 Å². The van der Waals surface area contributed by atoms with Gasteiger partial charge in [-0.25, -0.2) is 4.99 Å². The van der Waals surface area contributed by atoms with Crippen LogP contribution in [0.25, 0.3) is 0 Å². The summed E-state index contributed by atoms with van der Waals surface area (Å²) in [5.74, 6) is -0.239. The van der Waals surface area contributed by atoms with Gasteiger partial charge in [0.1, 0.15) is 5.75 Å². The zero-order valence-electron chi connectivity index (χ0n) is 17.0. The molecule has 1 fully saturated rings. The average molecular weight is 490 g/mol. The maximum atomic E-state index is 12.5. The van der Waals surface area contributed by atoms with Gasteiger partial charge in [-0.15, -0.1) is 0 Å². The molecule has 2 amide bonds. The summed E-state index contributed by atoms with van der Waals surface area (Å²) in [7, 11) is 0. The van der Waals surface area contributed by atoms with Crippen LogP contribution in [0.5, 0.6) is 5.75 Å². The van der Waals surface area contributed by atoms with E-state index in [2.05, 4.69) is 20.4 Å². The minimum atomic E-state index is -2.93. The normalized spacial score (nSPS) is 22.8. The zero-order chi connectivity index (χ0) is 23.1. The van der Waals surface area contributed by atoms with E-state index in [4.69, 9.17) is 27.9 Å². The molecule has 11 heteroatoms. The second kappa shape index (κ2) is 11.5. The topological polar surface area (TPSA) is 89.0 Å². The standard InChI is InChI=1S/C21H23Cl2F2N3O4/c22-16-7-6-15(9-17(16)23)31-11-18(29)27-13-3-1-12(2-4-13)20(30)28-14-5-8-19(26-10-14)32-21(24)25/h6-10,12-14,21H,1-5,11H2,(H,27,29)(H,28,30). The number of halogens is 4. The highest BCUT2D eigenvalue weighted by Crippen LogP contribution is 2.27. The zero-order valence-corrected chi connectivity index (χ0v) is 18.5. The summed E-state index contributed by atoms with van der Waals surface area (Å²) in [6, 6.07) is 4.38. The highest BCUT2D eigenvalue weighted by Gasteiger charge is 2.28. The first-order valence-corrected chi connectivity index (χ1v) is 10.9. The second-order valence-electron chi connectivity index (χ2n) is 7.53. The van der Waals surface area contributed by atoms with Crippen molar-refractivity contribution in [3.8, 4) is 5.75 Å². The van der Waals surface area contributed by atoms with Crippen LogP contribution < -0.4 is 15.4 Å². The molecule has 3 rings (SSSR count). The van der Waals surface area contributed by atoms with Crippen LogP contribution in [-0.4, -0.2) is 43.3 Å². The minimum Gasteiger partial charge on any atom is -0.484 e. The van der Waals surface area contributed by atoms with Crippen LogP contribution in [0.2, 0.25) is 10.0 Å². The molecule has 32 heavy (non-hydrogen) atoms. The number of nitrogens with zero attached hydrogens (tertiary/aromatic N) is 1. The van der Waals surface area contributed by atoms with Crippen molar-refractivity contribution in [3.63, 3.8) is 0 Å². The molecule has 1 aliphatic carbocycles. The predicted molar refractivity (Wildman–Crippen MR) is 116 cm³/mol. The molecular weight excluding hydrogens is 467 g/mol. The molecule has 2 aliphatic rings. The lowest BCUT2D eigenvalue weighted by Crippen LogP contribution is -2.44. The summed E-state index contributed by atoms with van der Waals surface area (Å²) in [4.78, 5) is 28.4. The van der Waals surface area contributed by atoms with E-state index in [0.29, 0.717) is 47.9 Å². The molecule has 1 aliphatic heterocycles. The van der Waals surface area contributed by atoms with E-state index >= 15 is 0 Å². The molecule has 1 aromatic carbocycles. The van der Waals surface area contributed by atoms with Crippen molar-refractivity contribution < 1.29 is 27.8 Å². The first kappa shape index (κ1) is 24.3. The first-order valence-electron chi connectivity index (χ1n) is 10.2. The molecule has 0 saturated heterocycles. The van der Waals surface area contributed by atoms with Gasteiger partial charge in [0.05, 0.1) is 16.1 Å². The maximum Gasteiger partial charge on any atom is 0.388 e. The largest absolute Gasteiger partial charge is 0.484 e. The Morgan fingerprint density at radius 3 is 2.50 bits per heavy atom. The van der Waals surface area contributed by atoms with Crippen LogP contribution in [0, 0.1) is 5.92 Å². The van der Waals surface area contributed by atoms with Gasteiger partial charge < -0.3 is 20.1 Å². The minimum absolute atomic E-state index is 0.0304. The van der Waals surface area contributed by atoms with Crippen molar-refractivity contribution in [2.24, 2.45) is 10.9 Å². The van der Waals surface area contributed by atoms with E-state index in [1.165, 1.54) is 12.3 Å². The lowest BCUT2D eigenvalue weighted by atomic mass is 9.85. The van der Waals surface area contributed by atoms with E-state index in [9.17, 15) is 18.4 Å². The van der Waals surface area contributed by atoms with E-state index in [1.54, 1.807) is 18.2 Å². The molecule has 1 aromatic rings. The quantitative estimate of drug-likeness (QED) is 0.575. The fourth-order valence-electron chi connectivity index (χ4n) is 3.56. The lowest BCUT2D eigenvalue weighted by molar-refractivity contribution is -0.126. The molecule has 0 spiro atoms. The second-order valence-corrected chi connectivity index (χ2v) is 8.34. The number of rotatable bonds is 8. The smallest absolute Gasteiger partial charge is 0.388 e. The summed E-state index contributed by atoms with van der Waals surface area (Å²) < 4.78 is 34.0. The third kappa shape index (κ3) is 7.34. The summed E-state index contributed by atoms with van der Waals surface area (Å²) in [6.45, 7) is -3.08. The Morgan fingerprint density at radius 2 is 1.88 bits per heavy atom. The van der Waals surface area contributed by atoms with Crippen LogP contribution in [-0.2, 0) is 14.3 Å². The van der Waals surface area contributed by atoms with Crippen LogP contribution in [0.1, 0.15) is 32.1 Å². The number of benzene rings is 1. The van der Waals surface area contributed by atoms with Crippen molar-refractivity contribution >= 4 is 41.2 Å². The highest BCUT2D eigenvalue weighted by molar-refractivity contribution is 6.42. The Balaban J connectivity index is 1.35. The number of carbonyl (C=O) groups excluding carboxylic acids is 2. The van der Waals surface area contributed by atoms with Gasteiger partial charge in [0, 0.05) is 24.2 Å². The molecule has 1 unspecified atom stereocenters. The molecular formula is C21H23Cl2F2N3O4. The van der Waals surface area contributed by atoms with Crippen LogP contribution in [0.15, 0.2) is 35.2 Å². The van der Waals surface area contributed by atoms with E-state index in [0.717, 1.165) is 0 Å². The number of hydrogen-bond acceptors (Lipinski definition) is 5. The molecule has 2 N–H and O–H groups in total.